The van der Waals surface area contributed by atoms with Gasteiger partial charge in [-0.25, -0.2) is 9.59 Å². The van der Waals surface area contributed by atoms with E-state index in [9.17, 15) is 14.4 Å². The van der Waals surface area contributed by atoms with Crippen molar-refractivity contribution in [1.29, 1.82) is 0 Å². The van der Waals surface area contributed by atoms with Gasteiger partial charge in [0.15, 0.2) is 5.82 Å². The van der Waals surface area contributed by atoms with Crippen LogP contribution in [0.5, 0.6) is 0 Å². The molecule has 0 bridgehead atoms. The van der Waals surface area contributed by atoms with Gasteiger partial charge in [0.2, 0.25) is 5.89 Å². The molecule has 0 aromatic carbocycles. The van der Waals surface area contributed by atoms with Gasteiger partial charge in [-0.3, -0.25) is 14.3 Å². The van der Waals surface area contributed by atoms with E-state index >= 15 is 0 Å². The number of aromatic nitrogens is 4. The average molecular weight is 252 g/mol. The topological polar surface area (TPSA) is 131 Å². The third kappa shape index (κ3) is 2.19. The predicted molar refractivity (Wildman–Crippen MR) is 56.4 cm³/mol. The van der Waals surface area contributed by atoms with Gasteiger partial charge < -0.3 is 9.63 Å². The van der Waals surface area contributed by atoms with Crippen LogP contribution in [0.4, 0.5) is 0 Å². The van der Waals surface area contributed by atoms with E-state index in [4.69, 9.17) is 9.63 Å². The quantitative estimate of drug-likeness (QED) is 0.714. The molecular formula is C9H8N4O5. The van der Waals surface area contributed by atoms with Crippen molar-refractivity contribution in [1.82, 2.24) is 19.7 Å². The zero-order valence-corrected chi connectivity index (χ0v) is 9.21. The minimum absolute atomic E-state index is 0.0900. The van der Waals surface area contributed by atoms with Crippen molar-refractivity contribution in [2.75, 3.05) is 0 Å². The molecule has 2 aromatic heterocycles. The van der Waals surface area contributed by atoms with E-state index in [-0.39, 0.29) is 12.4 Å². The van der Waals surface area contributed by atoms with E-state index in [0.29, 0.717) is 5.89 Å². The first-order chi connectivity index (χ1) is 8.47. The van der Waals surface area contributed by atoms with E-state index < -0.39 is 22.8 Å². The highest BCUT2D eigenvalue weighted by atomic mass is 16.5. The number of aromatic carboxylic acids is 1. The highest BCUT2D eigenvalue weighted by Crippen LogP contribution is 1.97. The summed E-state index contributed by atoms with van der Waals surface area (Å²) in [7, 11) is 0. The molecule has 0 aliphatic heterocycles. The van der Waals surface area contributed by atoms with E-state index in [1.165, 1.54) is 0 Å². The number of carboxylic acids is 1. The number of carboxylic acid groups (broad SMARTS) is 1. The molecule has 9 heteroatoms. The number of H-pyrrole nitrogens is 1. The summed E-state index contributed by atoms with van der Waals surface area (Å²) in [6, 6.07) is 0. The smallest absolute Gasteiger partial charge is 0.342 e. The van der Waals surface area contributed by atoms with Gasteiger partial charge in [-0.05, 0) is 0 Å². The van der Waals surface area contributed by atoms with Gasteiger partial charge >= 0.3 is 11.7 Å². The number of rotatable bonds is 3. The Morgan fingerprint density at radius 1 is 1.56 bits per heavy atom. The normalized spacial score (nSPS) is 10.5. The summed E-state index contributed by atoms with van der Waals surface area (Å²) in [5, 5.41) is 12.3. The number of nitrogens with zero attached hydrogens (tertiary/aromatic N) is 3. The molecule has 2 heterocycles. The maximum atomic E-state index is 11.5. The van der Waals surface area contributed by atoms with Crippen LogP contribution in [-0.2, 0) is 6.54 Å². The molecule has 0 saturated carbocycles. The van der Waals surface area contributed by atoms with E-state index in [1.807, 2.05) is 4.98 Å². The molecule has 0 fully saturated rings. The summed E-state index contributed by atoms with van der Waals surface area (Å²) in [5.74, 6) is -0.895. The van der Waals surface area contributed by atoms with Crippen molar-refractivity contribution < 1.29 is 14.4 Å². The van der Waals surface area contributed by atoms with Crippen LogP contribution in [0.15, 0.2) is 20.3 Å². The summed E-state index contributed by atoms with van der Waals surface area (Å²) in [5.41, 5.74) is -2.23. The van der Waals surface area contributed by atoms with Crippen molar-refractivity contribution in [3.05, 3.63) is 44.3 Å². The van der Waals surface area contributed by atoms with Crippen molar-refractivity contribution >= 4 is 5.97 Å². The average Bonchev–Trinajstić information content (AvgIpc) is 2.67. The number of carbonyl (C=O) groups is 1. The Kier molecular flexibility index (Phi) is 2.80. The molecule has 0 aliphatic rings. The van der Waals surface area contributed by atoms with E-state index in [0.717, 1.165) is 10.8 Å². The molecule has 0 saturated heterocycles. The number of aromatic amines is 1. The van der Waals surface area contributed by atoms with Crippen molar-refractivity contribution in [2.24, 2.45) is 0 Å². The molecule has 0 aliphatic carbocycles. The van der Waals surface area contributed by atoms with Crippen molar-refractivity contribution in [3.63, 3.8) is 0 Å². The standard InChI is InChI=1S/C9H8N4O5/c1-4-10-6(12-18-4)3-13-2-5(8(15)16)7(14)11-9(13)17/h2H,3H2,1H3,(H,15,16)(H,11,14,17). The lowest BCUT2D eigenvalue weighted by Gasteiger charge is -2.02. The maximum Gasteiger partial charge on any atom is 0.342 e. The van der Waals surface area contributed by atoms with Crippen LogP contribution in [0.1, 0.15) is 22.1 Å². The van der Waals surface area contributed by atoms with Crippen LogP contribution in [-0.4, -0.2) is 30.8 Å². The second-order valence-electron chi connectivity index (χ2n) is 3.46. The molecule has 18 heavy (non-hydrogen) atoms. The van der Waals surface area contributed by atoms with E-state index in [2.05, 4.69) is 10.1 Å². The summed E-state index contributed by atoms with van der Waals surface area (Å²) in [4.78, 5) is 39.2. The fourth-order valence-electron chi connectivity index (χ4n) is 1.34. The SMILES string of the molecule is Cc1nc(Cn2cc(C(=O)O)c(=O)[nH]c2=O)no1. The third-order valence-electron chi connectivity index (χ3n) is 2.12. The van der Waals surface area contributed by atoms with Gasteiger partial charge in [0.25, 0.3) is 5.56 Å². The van der Waals surface area contributed by atoms with Gasteiger partial charge in [-0.1, -0.05) is 5.16 Å². The molecular weight excluding hydrogens is 244 g/mol. The second-order valence-corrected chi connectivity index (χ2v) is 3.46. The highest BCUT2D eigenvalue weighted by Gasteiger charge is 2.13. The number of nitrogens with one attached hydrogen (secondary N) is 1. The molecule has 0 radical (unpaired) electrons. The van der Waals surface area contributed by atoms with Crippen molar-refractivity contribution in [2.45, 2.75) is 13.5 Å². The monoisotopic (exact) mass is 252 g/mol. The molecule has 2 rings (SSSR count). The van der Waals surface area contributed by atoms with Crippen LogP contribution >= 0.6 is 0 Å². The molecule has 2 aromatic rings. The molecule has 0 unspecified atom stereocenters. The van der Waals surface area contributed by atoms with Gasteiger partial charge in [0.1, 0.15) is 5.56 Å². The Balaban J connectivity index is 2.45. The summed E-state index contributed by atoms with van der Waals surface area (Å²) in [6.45, 7) is 1.49. The molecule has 94 valence electrons. The molecule has 2 N–H and O–H groups in total. The Morgan fingerprint density at radius 3 is 2.83 bits per heavy atom. The maximum absolute atomic E-state index is 11.5. The van der Waals surface area contributed by atoms with Gasteiger partial charge in [-0.2, -0.15) is 4.98 Å². The van der Waals surface area contributed by atoms with Crippen LogP contribution in [0.3, 0.4) is 0 Å². The second kappa shape index (κ2) is 4.28. The first-order valence-electron chi connectivity index (χ1n) is 4.83. The van der Waals surface area contributed by atoms with Crippen LogP contribution < -0.4 is 11.2 Å². The third-order valence-corrected chi connectivity index (χ3v) is 2.12. The zero-order valence-electron chi connectivity index (χ0n) is 9.21. The largest absolute Gasteiger partial charge is 0.477 e. The Hall–Kier alpha value is -2.71. The minimum atomic E-state index is -1.42. The number of hydrogen-bond donors (Lipinski definition) is 2. The Morgan fingerprint density at radius 2 is 2.28 bits per heavy atom. The van der Waals surface area contributed by atoms with Crippen LogP contribution in [0.25, 0.3) is 0 Å². The summed E-state index contributed by atoms with van der Waals surface area (Å²) in [6.07, 6.45) is 0.940. The zero-order chi connectivity index (χ0) is 13.3. The Bertz CT molecular complexity index is 710. The van der Waals surface area contributed by atoms with Gasteiger partial charge in [0, 0.05) is 13.1 Å². The minimum Gasteiger partial charge on any atom is -0.477 e. The van der Waals surface area contributed by atoms with Crippen LogP contribution in [0, 0.1) is 6.92 Å². The summed E-state index contributed by atoms with van der Waals surface area (Å²) < 4.78 is 5.69. The van der Waals surface area contributed by atoms with Gasteiger partial charge in [-0.15, -0.1) is 0 Å². The number of aryl methyl sites for hydroxylation is 1. The predicted octanol–water partition coefficient (Wildman–Crippen LogP) is -1.03. The fourth-order valence-corrected chi connectivity index (χ4v) is 1.34. The lowest BCUT2D eigenvalue weighted by Crippen LogP contribution is -2.33. The molecule has 0 atom stereocenters. The fraction of sp³-hybridized carbons (Fsp3) is 0.222. The summed E-state index contributed by atoms with van der Waals surface area (Å²) >= 11 is 0. The molecule has 0 spiro atoms. The lowest BCUT2D eigenvalue weighted by atomic mass is 10.3. The van der Waals surface area contributed by atoms with Crippen LogP contribution in [0.2, 0.25) is 0 Å². The lowest BCUT2D eigenvalue weighted by molar-refractivity contribution is 0.0693. The van der Waals surface area contributed by atoms with Gasteiger partial charge in [0.05, 0.1) is 6.54 Å². The Labute approximate surface area is 98.7 Å². The van der Waals surface area contributed by atoms with Crippen molar-refractivity contribution in [3.8, 4) is 0 Å². The highest BCUT2D eigenvalue weighted by molar-refractivity contribution is 5.86. The molecule has 9 nitrogen and oxygen atoms in total. The molecule has 0 amide bonds. The number of hydrogen-bond acceptors (Lipinski definition) is 6. The first kappa shape index (κ1) is 11.8. The van der Waals surface area contributed by atoms with E-state index in [1.54, 1.807) is 6.92 Å². The first-order valence-corrected chi connectivity index (χ1v) is 4.83.